The first-order valence-corrected chi connectivity index (χ1v) is 9.40. The normalized spacial score (nSPS) is 10.3. The molecule has 3 rings (SSSR count). The fourth-order valence-corrected chi connectivity index (χ4v) is 2.78. The van der Waals surface area contributed by atoms with E-state index in [1.165, 1.54) is 6.33 Å². The van der Waals surface area contributed by atoms with Gasteiger partial charge in [-0.1, -0.05) is 30.3 Å². The van der Waals surface area contributed by atoms with Crippen LogP contribution in [0.4, 0.5) is 23.0 Å². The van der Waals surface area contributed by atoms with E-state index in [2.05, 4.69) is 20.6 Å². The van der Waals surface area contributed by atoms with Gasteiger partial charge in [-0.05, 0) is 43.2 Å². The molecule has 9 heteroatoms. The summed E-state index contributed by atoms with van der Waals surface area (Å²) < 4.78 is 4.94. The largest absolute Gasteiger partial charge is 0.462 e. The Labute approximate surface area is 173 Å². The SMILES string of the molecule is CCOC(=O)c1ccc(Nc2ncnc(NCCc3ccccc3)c2[N+](=O)[O-])cc1. The third-order valence-electron chi connectivity index (χ3n) is 4.21. The lowest BCUT2D eigenvalue weighted by molar-refractivity contribution is -0.383. The lowest BCUT2D eigenvalue weighted by Gasteiger charge is -2.10. The number of benzene rings is 2. The van der Waals surface area contributed by atoms with Crippen LogP contribution in [0.25, 0.3) is 0 Å². The van der Waals surface area contributed by atoms with E-state index in [0.717, 1.165) is 5.56 Å². The molecule has 0 atom stereocenters. The number of rotatable bonds is 9. The fourth-order valence-electron chi connectivity index (χ4n) is 2.78. The number of carbonyl (C=O) groups is 1. The highest BCUT2D eigenvalue weighted by atomic mass is 16.6. The Kier molecular flexibility index (Phi) is 6.88. The van der Waals surface area contributed by atoms with E-state index in [0.29, 0.717) is 24.2 Å². The lowest BCUT2D eigenvalue weighted by Crippen LogP contribution is -2.11. The maximum Gasteiger partial charge on any atom is 0.353 e. The summed E-state index contributed by atoms with van der Waals surface area (Å²) in [6, 6.07) is 16.2. The van der Waals surface area contributed by atoms with Crippen molar-refractivity contribution in [3.8, 4) is 0 Å². The number of carbonyl (C=O) groups excluding carboxylic acids is 1. The molecule has 0 amide bonds. The molecule has 1 heterocycles. The predicted octanol–water partition coefficient (Wildman–Crippen LogP) is 3.96. The van der Waals surface area contributed by atoms with Crippen LogP contribution in [0.15, 0.2) is 60.9 Å². The number of esters is 1. The zero-order valence-electron chi connectivity index (χ0n) is 16.4. The van der Waals surface area contributed by atoms with Gasteiger partial charge in [-0.15, -0.1) is 0 Å². The molecule has 9 nitrogen and oxygen atoms in total. The molecular formula is C21H21N5O4. The molecule has 154 valence electrons. The molecule has 0 aliphatic carbocycles. The Morgan fingerprint density at radius 2 is 1.77 bits per heavy atom. The van der Waals surface area contributed by atoms with Gasteiger partial charge in [0.25, 0.3) is 0 Å². The second-order valence-corrected chi connectivity index (χ2v) is 6.26. The molecule has 1 aromatic heterocycles. The van der Waals surface area contributed by atoms with E-state index >= 15 is 0 Å². The standard InChI is InChI=1S/C21H21N5O4/c1-2-30-21(27)16-8-10-17(11-9-16)25-20-18(26(28)29)19(23-14-24-20)22-13-12-15-6-4-3-5-7-15/h3-11,14H,2,12-13H2,1H3,(H2,22,23,24,25). The van der Waals surface area contributed by atoms with Crippen LogP contribution in [0.1, 0.15) is 22.8 Å². The molecule has 0 fully saturated rings. The molecule has 0 radical (unpaired) electrons. The van der Waals surface area contributed by atoms with Crippen LogP contribution < -0.4 is 10.6 Å². The summed E-state index contributed by atoms with van der Waals surface area (Å²) in [6.07, 6.45) is 1.95. The van der Waals surface area contributed by atoms with E-state index in [9.17, 15) is 14.9 Å². The molecule has 0 spiro atoms. The number of nitro groups is 1. The number of nitrogens with one attached hydrogen (secondary N) is 2. The average molecular weight is 407 g/mol. The number of nitrogens with zero attached hydrogens (tertiary/aromatic N) is 3. The molecule has 0 aliphatic rings. The summed E-state index contributed by atoms with van der Waals surface area (Å²) >= 11 is 0. The van der Waals surface area contributed by atoms with E-state index in [4.69, 9.17) is 4.74 Å². The molecule has 0 unspecified atom stereocenters. The van der Waals surface area contributed by atoms with E-state index in [1.54, 1.807) is 31.2 Å². The topological polar surface area (TPSA) is 119 Å². The maximum atomic E-state index is 11.7. The highest BCUT2D eigenvalue weighted by Gasteiger charge is 2.23. The molecule has 30 heavy (non-hydrogen) atoms. The van der Waals surface area contributed by atoms with Crippen molar-refractivity contribution in [1.82, 2.24) is 9.97 Å². The van der Waals surface area contributed by atoms with Crippen molar-refractivity contribution in [3.05, 3.63) is 82.2 Å². The van der Waals surface area contributed by atoms with Crippen LogP contribution in [-0.4, -0.2) is 34.0 Å². The van der Waals surface area contributed by atoms with Gasteiger partial charge >= 0.3 is 11.7 Å². The smallest absolute Gasteiger partial charge is 0.353 e. The third-order valence-corrected chi connectivity index (χ3v) is 4.21. The second kappa shape index (κ2) is 9.97. The first-order valence-electron chi connectivity index (χ1n) is 9.40. The number of ether oxygens (including phenoxy) is 1. The molecular weight excluding hydrogens is 386 g/mol. The van der Waals surface area contributed by atoms with Crippen LogP contribution >= 0.6 is 0 Å². The van der Waals surface area contributed by atoms with E-state index in [1.807, 2.05) is 30.3 Å². The Morgan fingerprint density at radius 3 is 2.43 bits per heavy atom. The lowest BCUT2D eigenvalue weighted by atomic mass is 10.1. The zero-order valence-corrected chi connectivity index (χ0v) is 16.4. The maximum absolute atomic E-state index is 11.7. The summed E-state index contributed by atoms with van der Waals surface area (Å²) in [5.74, 6) is -0.236. The van der Waals surface area contributed by atoms with Gasteiger partial charge < -0.3 is 15.4 Å². The van der Waals surface area contributed by atoms with Gasteiger partial charge in [-0.2, -0.15) is 0 Å². The minimum absolute atomic E-state index is 0.0566. The Morgan fingerprint density at radius 1 is 1.07 bits per heavy atom. The predicted molar refractivity (Wildman–Crippen MR) is 113 cm³/mol. The number of hydrogen-bond acceptors (Lipinski definition) is 8. The molecule has 0 aliphatic heterocycles. The number of anilines is 3. The molecule has 2 N–H and O–H groups in total. The first kappa shape index (κ1) is 20.7. The van der Waals surface area contributed by atoms with Crippen molar-refractivity contribution in [2.45, 2.75) is 13.3 Å². The van der Waals surface area contributed by atoms with Gasteiger partial charge in [-0.25, -0.2) is 14.8 Å². The van der Waals surface area contributed by atoms with Crippen molar-refractivity contribution in [1.29, 1.82) is 0 Å². The fraction of sp³-hybridized carbons (Fsp3) is 0.190. The Hall–Kier alpha value is -4.01. The third kappa shape index (κ3) is 5.28. The Balaban J connectivity index is 1.74. The summed E-state index contributed by atoms with van der Waals surface area (Å²) in [7, 11) is 0. The quantitative estimate of drug-likeness (QED) is 0.311. The van der Waals surface area contributed by atoms with Crippen LogP contribution in [0, 0.1) is 10.1 Å². The molecule has 0 saturated carbocycles. The Bertz CT molecular complexity index is 1010. The van der Waals surface area contributed by atoms with Gasteiger partial charge in [-0.3, -0.25) is 10.1 Å². The van der Waals surface area contributed by atoms with E-state index in [-0.39, 0.29) is 23.9 Å². The van der Waals surface area contributed by atoms with Gasteiger partial charge in [0.1, 0.15) is 6.33 Å². The van der Waals surface area contributed by atoms with Crippen molar-refractivity contribution in [2.24, 2.45) is 0 Å². The number of aromatic nitrogens is 2. The minimum Gasteiger partial charge on any atom is -0.462 e. The first-order chi connectivity index (χ1) is 14.6. The van der Waals surface area contributed by atoms with Crippen LogP contribution in [0.5, 0.6) is 0 Å². The van der Waals surface area contributed by atoms with Crippen molar-refractivity contribution in [2.75, 3.05) is 23.8 Å². The average Bonchev–Trinajstić information content (AvgIpc) is 2.75. The second-order valence-electron chi connectivity index (χ2n) is 6.26. The van der Waals surface area contributed by atoms with Gasteiger partial charge in [0.05, 0.1) is 17.1 Å². The molecule has 0 saturated heterocycles. The highest BCUT2D eigenvalue weighted by Crippen LogP contribution is 2.31. The summed E-state index contributed by atoms with van der Waals surface area (Å²) in [5.41, 5.74) is 1.80. The summed E-state index contributed by atoms with van der Waals surface area (Å²) in [4.78, 5) is 30.9. The minimum atomic E-state index is -0.528. The number of hydrogen-bond donors (Lipinski definition) is 2. The summed E-state index contributed by atoms with van der Waals surface area (Å²) in [5, 5.41) is 17.6. The van der Waals surface area contributed by atoms with Gasteiger partial charge in [0.2, 0.25) is 11.6 Å². The summed E-state index contributed by atoms with van der Waals surface area (Å²) in [6.45, 7) is 2.50. The molecule has 0 bridgehead atoms. The zero-order chi connectivity index (χ0) is 21.3. The van der Waals surface area contributed by atoms with Gasteiger partial charge in [0.15, 0.2) is 0 Å². The van der Waals surface area contributed by atoms with Gasteiger partial charge in [0, 0.05) is 12.2 Å². The van der Waals surface area contributed by atoms with Crippen molar-refractivity contribution < 1.29 is 14.5 Å². The highest BCUT2D eigenvalue weighted by molar-refractivity contribution is 5.90. The van der Waals surface area contributed by atoms with Crippen molar-refractivity contribution in [3.63, 3.8) is 0 Å². The van der Waals surface area contributed by atoms with Crippen LogP contribution in [-0.2, 0) is 11.2 Å². The van der Waals surface area contributed by atoms with Crippen LogP contribution in [0.3, 0.4) is 0 Å². The van der Waals surface area contributed by atoms with Crippen molar-refractivity contribution >= 4 is 29.0 Å². The van der Waals surface area contributed by atoms with Crippen LogP contribution in [0.2, 0.25) is 0 Å². The van der Waals surface area contributed by atoms with E-state index < -0.39 is 10.9 Å². The molecule has 3 aromatic rings. The molecule has 2 aromatic carbocycles. The monoisotopic (exact) mass is 407 g/mol.